The highest BCUT2D eigenvalue weighted by Crippen LogP contribution is 2.37. The Morgan fingerprint density at radius 2 is 2.06 bits per heavy atom. The maximum absolute atomic E-state index is 11.8. The lowest BCUT2D eigenvalue weighted by molar-refractivity contribution is -0.118. The van der Waals surface area contributed by atoms with E-state index in [-0.39, 0.29) is 11.3 Å². The lowest BCUT2D eigenvalue weighted by Gasteiger charge is -2.26. The molecule has 0 aromatic heterocycles. The molecule has 0 saturated heterocycles. The van der Waals surface area contributed by atoms with Crippen molar-refractivity contribution in [3.8, 4) is 0 Å². The van der Waals surface area contributed by atoms with Gasteiger partial charge in [0.2, 0.25) is 5.91 Å². The first kappa shape index (κ1) is 11.2. The van der Waals surface area contributed by atoms with E-state index in [1.807, 2.05) is 18.2 Å². The molecular formula is C14H19NO. The fraction of sp³-hybridized carbons (Fsp3) is 0.500. The van der Waals surface area contributed by atoms with Gasteiger partial charge in [0.25, 0.3) is 0 Å². The van der Waals surface area contributed by atoms with E-state index in [4.69, 9.17) is 0 Å². The zero-order valence-corrected chi connectivity index (χ0v) is 10.0. The van der Waals surface area contributed by atoms with Crippen LogP contribution in [0.4, 0.5) is 5.69 Å². The summed E-state index contributed by atoms with van der Waals surface area (Å²) < 4.78 is 0. The Labute approximate surface area is 97.1 Å². The standard InChI is InChI=1S/C14H19NO/c1-3-8-14(2)9-11-6-4-5-7-12(11)15-13(16)10-14/h4-7H,3,8-10H2,1-2H3,(H,15,16). The molecule has 0 aliphatic carbocycles. The topological polar surface area (TPSA) is 29.1 Å². The molecule has 0 fully saturated rings. The number of para-hydroxylation sites is 1. The Morgan fingerprint density at radius 1 is 1.31 bits per heavy atom. The summed E-state index contributed by atoms with van der Waals surface area (Å²) in [5.74, 6) is 0.154. The number of nitrogens with one attached hydrogen (secondary N) is 1. The molecule has 86 valence electrons. The van der Waals surface area contributed by atoms with Crippen molar-refractivity contribution in [3.05, 3.63) is 29.8 Å². The first-order valence-corrected chi connectivity index (χ1v) is 6.01. The van der Waals surface area contributed by atoms with Gasteiger partial charge in [0.15, 0.2) is 0 Å². The fourth-order valence-corrected chi connectivity index (χ4v) is 2.68. The summed E-state index contributed by atoms with van der Waals surface area (Å²) in [4.78, 5) is 11.8. The molecule has 2 rings (SSSR count). The predicted octanol–water partition coefficient (Wildman–Crippen LogP) is 3.38. The van der Waals surface area contributed by atoms with E-state index in [1.54, 1.807) is 0 Å². The minimum atomic E-state index is 0.117. The molecular weight excluding hydrogens is 198 g/mol. The van der Waals surface area contributed by atoms with E-state index in [0.29, 0.717) is 6.42 Å². The third kappa shape index (κ3) is 2.26. The van der Waals surface area contributed by atoms with Crippen LogP contribution in [-0.4, -0.2) is 5.91 Å². The molecule has 1 atom stereocenters. The molecule has 1 heterocycles. The smallest absolute Gasteiger partial charge is 0.224 e. The average Bonchev–Trinajstić information content (AvgIpc) is 2.32. The number of fused-ring (bicyclic) bond motifs is 1. The van der Waals surface area contributed by atoms with Gasteiger partial charge in [-0.3, -0.25) is 4.79 Å². The van der Waals surface area contributed by atoms with Gasteiger partial charge in [-0.1, -0.05) is 38.5 Å². The molecule has 0 spiro atoms. The third-order valence-corrected chi connectivity index (χ3v) is 3.35. The first-order valence-electron chi connectivity index (χ1n) is 6.01. The molecule has 1 aliphatic rings. The molecule has 1 unspecified atom stereocenters. The van der Waals surface area contributed by atoms with Crippen molar-refractivity contribution in [2.24, 2.45) is 5.41 Å². The number of amides is 1. The SMILES string of the molecule is CCCC1(C)CC(=O)Nc2ccccc2C1. The van der Waals surface area contributed by atoms with Gasteiger partial charge in [0.1, 0.15) is 0 Å². The van der Waals surface area contributed by atoms with Gasteiger partial charge in [-0.2, -0.15) is 0 Å². The number of carbonyl (C=O) groups excluding carboxylic acids is 1. The van der Waals surface area contributed by atoms with E-state index in [9.17, 15) is 4.79 Å². The highest BCUT2D eigenvalue weighted by atomic mass is 16.1. The summed E-state index contributed by atoms with van der Waals surface area (Å²) in [6.45, 7) is 4.40. The van der Waals surface area contributed by atoms with Gasteiger partial charge >= 0.3 is 0 Å². The van der Waals surface area contributed by atoms with Crippen LogP contribution >= 0.6 is 0 Å². The molecule has 0 radical (unpaired) electrons. The minimum Gasteiger partial charge on any atom is -0.326 e. The van der Waals surface area contributed by atoms with E-state index >= 15 is 0 Å². The second kappa shape index (κ2) is 4.28. The van der Waals surface area contributed by atoms with Crippen molar-refractivity contribution in [2.75, 3.05) is 5.32 Å². The lowest BCUT2D eigenvalue weighted by Crippen LogP contribution is -2.23. The number of benzene rings is 1. The molecule has 0 bridgehead atoms. The average molecular weight is 217 g/mol. The Morgan fingerprint density at radius 3 is 2.81 bits per heavy atom. The van der Waals surface area contributed by atoms with Crippen LogP contribution in [0.5, 0.6) is 0 Å². The fourth-order valence-electron chi connectivity index (χ4n) is 2.68. The Kier molecular flexibility index (Phi) is 2.99. The summed E-state index contributed by atoms with van der Waals surface area (Å²) in [5.41, 5.74) is 2.38. The molecule has 1 aromatic carbocycles. The molecule has 16 heavy (non-hydrogen) atoms. The molecule has 2 nitrogen and oxygen atoms in total. The van der Waals surface area contributed by atoms with Gasteiger partial charge in [0, 0.05) is 12.1 Å². The third-order valence-electron chi connectivity index (χ3n) is 3.35. The van der Waals surface area contributed by atoms with Gasteiger partial charge < -0.3 is 5.32 Å². The lowest BCUT2D eigenvalue weighted by atomic mass is 9.77. The maximum Gasteiger partial charge on any atom is 0.224 e. The summed E-state index contributed by atoms with van der Waals surface area (Å²) >= 11 is 0. The summed E-state index contributed by atoms with van der Waals surface area (Å²) in [6, 6.07) is 8.13. The summed E-state index contributed by atoms with van der Waals surface area (Å²) in [6.07, 6.45) is 3.87. The largest absolute Gasteiger partial charge is 0.326 e. The van der Waals surface area contributed by atoms with Crippen molar-refractivity contribution in [2.45, 2.75) is 39.5 Å². The van der Waals surface area contributed by atoms with E-state index in [0.717, 1.165) is 24.9 Å². The molecule has 1 aromatic rings. The predicted molar refractivity (Wildman–Crippen MR) is 66.4 cm³/mol. The summed E-state index contributed by atoms with van der Waals surface area (Å²) in [7, 11) is 0. The van der Waals surface area contributed by atoms with Crippen molar-refractivity contribution in [1.82, 2.24) is 0 Å². The molecule has 1 aliphatic heterocycles. The second-order valence-electron chi connectivity index (χ2n) is 5.12. The van der Waals surface area contributed by atoms with Crippen molar-refractivity contribution in [3.63, 3.8) is 0 Å². The van der Waals surface area contributed by atoms with Crippen molar-refractivity contribution >= 4 is 11.6 Å². The molecule has 0 saturated carbocycles. The minimum absolute atomic E-state index is 0.117. The number of anilines is 1. The molecule has 1 amide bonds. The summed E-state index contributed by atoms with van der Waals surface area (Å²) in [5, 5.41) is 3.00. The van der Waals surface area contributed by atoms with Gasteiger partial charge in [-0.25, -0.2) is 0 Å². The van der Waals surface area contributed by atoms with Gasteiger partial charge in [0.05, 0.1) is 0 Å². The van der Waals surface area contributed by atoms with E-state index < -0.39 is 0 Å². The molecule has 2 heteroatoms. The second-order valence-corrected chi connectivity index (χ2v) is 5.12. The van der Waals surface area contributed by atoms with E-state index in [1.165, 1.54) is 5.56 Å². The van der Waals surface area contributed by atoms with Crippen LogP contribution in [0.2, 0.25) is 0 Å². The van der Waals surface area contributed by atoms with Crippen LogP contribution < -0.4 is 5.32 Å². The monoisotopic (exact) mass is 217 g/mol. The number of hydrogen-bond acceptors (Lipinski definition) is 1. The van der Waals surface area contributed by atoms with Crippen LogP contribution in [0.3, 0.4) is 0 Å². The van der Waals surface area contributed by atoms with Crippen LogP contribution in [0.1, 0.15) is 38.7 Å². The van der Waals surface area contributed by atoms with Crippen molar-refractivity contribution in [1.29, 1.82) is 0 Å². The zero-order chi connectivity index (χ0) is 11.6. The van der Waals surface area contributed by atoms with Crippen LogP contribution in [0.15, 0.2) is 24.3 Å². The van der Waals surface area contributed by atoms with Crippen LogP contribution in [-0.2, 0) is 11.2 Å². The van der Waals surface area contributed by atoms with Crippen molar-refractivity contribution < 1.29 is 4.79 Å². The number of rotatable bonds is 2. The van der Waals surface area contributed by atoms with Gasteiger partial charge in [-0.05, 0) is 29.9 Å². The Balaban J connectivity index is 2.34. The normalized spacial score (nSPS) is 24.5. The highest BCUT2D eigenvalue weighted by Gasteiger charge is 2.30. The zero-order valence-electron chi connectivity index (χ0n) is 10.0. The number of carbonyl (C=O) groups is 1. The quantitative estimate of drug-likeness (QED) is 0.808. The maximum atomic E-state index is 11.8. The van der Waals surface area contributed by atoms with E-state index in [2.05, 4.69) is 25.2 Å². The Hall–Kier alpha value is -1.31. The van der Waals surface area contributed by atoms with Crippen LogP contribution in [0, 0.1) is 5.41 Å². The van der Waals surface area contributed by atoms with Gasteiger partial charge in [-0.15, -0.1) is 0 Å². The van der Waals surface area contributed by atoms with Crippen LogP contribution in [0.25, 0.3) is 0 Å². The first-order chi connectivity index (χ1) is 7.63. The Bertz CT molecular complexity index is 399. The highest BCUT2D eigenvalue weighted by molar-refractivity contribution is 5.92. The molecule has 1 N–H and O–H groups in total. The number of hydrogen-bond donors (Lipinski definition) is 1.